The Kier molecular flexibility index (Phi) is 4.20. The van der Waals surface area contributed by atoms with Gasteiger partial charge in [-0.3, -0.25) is 14.5 Å². The van der Waals surface area contributed by atoms with Crippen molar-refractivity contribution in [3.05, 3.63) is 0 Å². The van der Waals surface area contributed by atoms with Crippen LogP contribution in [0.2, 0.25) is 0 Å². The van der Waals surface area contributed by atoms with Crippen LogP contribution in [-0.2, 0) is 9.59 Å². The van der Waals surface area contributed by atoms with E-state index in [9.17, 15) is 9.59 Å². The molecule has 0 aromatic rings. The fourth-order valence-corrected chi connectivity index (χ4v) is 3.89. The van der Waals surface area contributed by atoms with Crippen LogP contribution < -0.4 is 0 Å². The minimum Gasteiger partial charge on any atom is -0.336 e. The number of carbonyl (C=O) groups excluding carboxylic acids is 2. The molecule has 2 atom stereocenters. The maximum Gasteiger partial charge on any atom is 0.245 e. The van der Waals surface area contributed by atoms with Crippen LogP contribution in [0, 0.1) is 5.92 Å². The molecule has 0 spiro atoms. The predicted molar refractivity (Wildman–Crippen MR) is 80.7 cm³/mol. The molecular weight excluding hydrogens is 266 g/mol. The molecule has 3 rings (SSSR count). The van der Waals surface area contributed by atoms with E-state index >= 15 is 0 Å². The van der Waals surface area contributed by atoms with Crippen molar-refractivity contribution in [2.24, 2.45) is 5.92 Å². The molecule has 3 fully saturated rings. The molecule has 0 unspecified atom stereocenters. The zero-order valence-corrected chi connectivity index (χ0v) is 13.3. The Morgan fingerprint density at radius 1 is 1.14 bits per heavy atom. The lowest BCUT2D eigenvalue weighted by Gasteiger charge is -2.42. The van der Waals surface area contributed by atoms with Crippen molar-refractivity contribution in [3.8, 4) is 0 Å². The number of hydrogen-bond donors (Lipinski definition) is 0. The van der Waals surface area contributed by atoms with E-state index in [1.54, 1.807) is 0 Å². The van der Waals surface area contributed by atoms with E-state index < -0.39 is 0 Å². The molecule has 0 radical (unpaired) electrons. The van der Waals surface area contributed by atoms with Crippen molar-refractivity contribution in [2.75, 3.05) is 32.7 Å². The van der Waals surface area contributed by atoms with Crippen LogP contribution in [0.3, 0.4) is 0 Å². The Hall–Kier alpha value is -1.10. The van der Waals surface area contributed by atoms with E-state index in [1.165, 1.54) is 12.8 Å². The minimum absolute atomic E-state index is 0.136. The lowest BCUT2D eigenvalue weighted by molar-refractivity contribution is -0.153. The fourth-order valence-electron chi connectivity index (χ4n) is 3.89. The van der Waals surface area contributed by atoms with Gasteiger partial charge in [0.1, 0.15) is 6.04 Å². The Labute approximate surface area is 127 Å². The fraction of sp³-hybridized carbons (Fsp3) is 0.875. The first-order valence-electron chi connectivity index (χ1n) is 8.38. The number of piperazine rings is 1. The quantitative estimate of drug-likeness (QED) is 0.761. The SMILES string of the molecule is CC1CCN(CC(=O)N2C[C@@H]3CCCN3C(=O)[C@@H]2C)CC1. The van der Waals surface area contributed by atoms with E-state index in [0.717, 1.165) is 44.9 Å². The van der Waals surface area contributed by atoms with Gasteiger partial charge in [0.05, 0.1) is 6.54 Å². The van der Waals surface area contributed by atoms with Gasteiger partial charge in [0.25, 0.3) is 0 Å². The molecule has 21 heavy (non-hydrogen) atoms. The molecular formula is C16H27N3O2. The van der Waals surface area contributed by atoms with Crippen LogP contribution in [-0.4, -0.2) is 71.3 Å². The second-order valence-electron chi connectivity index (χ2n) is 7.01. The Balaban J connectivity index is 1.60. The van der Waals surface area contributed by atoms with Gasteiger partial charge < -0.3 is 9.80 Å². The van der Waals surface area contributed by atoms with Gasteiger partial charge in [-0.05, 0) is 51.6 Å². The molecule has 0 aliphatic carbocycles. The van der Waals surface area contributed by atoms with Crippen molar-refractivity contribution in [1.29, 1.82) is 0 Å². The zero-order valence-electron chi connectivity index (χ0n) is 13.3. The van der Waals surface area contributed by atoms with Crippen LogP contribution in [0.1, 0.15) is 39.5 Å². The molecule has 118 valence electrons. The maximum absolute atomic E-state index is 12.6. The standard InChI is InChI=1S/C16H27N3O2/c1-12-5-8-17(9-6-12)11-15(20)19-10-14-4-3-7-18(14)16(21)13(19)2/h12-14H,3-11H2,1-2H3/t13-,14-/m0/s1. The first kappa shape index (κ1) is 14.8. The van der Waals surface area contributed by atoms with Gasteiger partial charge in [0.15, 0.2) is 0 Å². The third-order valence-electron chi connectivity index (χ3n) is 5.45. The average molecular weight is 293 g/mol. The first-order chi connectivity index (χ1) is 10.1. The maximum atomic E-state index is 12.6. The lowest BCUT2D eigenvalue weighted by Crippen LogP contribution is -2.61. The highest BCUT2D eigenvalue weighted by molar-refractivity contribution is 5.89. The van der Waals surface area contributed by atoms with E-state index in [1.807, 2.05) is 16.7 Å². The van der Waals surface area contributed by atoms with Crippen molar-refractivity contribution in [2.45, 2.75) is 51.6 Å². The van der Waals surface area contributed by atoms with Crippen LogP contribution in [0.15, 0.2) is 0 Å². The molecule has 3 heterocycles. The highest BCUT2D eigenvalue weighted by atomic mass is 16.2. The third-order valence-corrected chi connectivity index (χ3v) is 5.45. The number of amides is 2. The van der Waals surface area contributed by atoms with Gasteiger partial charge in [0.2, 0.25) is 11.8 Å². The first-order valence-corrected chi connectivity index (χ1v) is 8.38. The Morgan fingerprint density at radius 3 is 2.57 bits per heavy atom. The molecule has 3 aliphatic heterocycles. The molecule has 0 aromatic heterocycles. The summed E-state index contributed by atoms with van der Waals surface area (Å²) >= 11 is 0. The van der Waals surface area contributed by atoms with Crippen molar-refractivity contribution in [3.63, 3.8) is 0 Å². The molecule has 2 amide bonds. The highest BCUT2D eigenvalue weighted by Gasteiger charge is 2.42. The summed E-state index contributed by atoms with van der Waals surface area (Å²) in [6.07, 6.45) is 4.48. The summed E-state index contributed by atoms with van der Waals surface area (Å²) < 4.78 is 0. The zero-order chi connectivity index (χ0) is 15.0. The van der Waals surface area contributed by atoms with Gasteiger partial charge in [-0.2, -0.15) is 0 Å². The largest absolute Gasteiger partial charge is 0.336 e. The summed E-state index contributed by atoms with van der Waals surface area (Å²) in [5.41, 5.74) is 0. The van der Waals surface area contributed by atoms with Gasteiger partial charge in [0, 0.05) is 19.1 Å². The second kappa shape index (κ2) is 5.95. The molecule has 3 aliphatic rings. The lowest BCUT2D eigenvalue weighted by atomic mass is 9.99. The number of hydrogen-bond acceptors (Lipinski definition) is 3. The highest BCUT2D eigenvalue weighted by Crippen LogP contribution is 2.26. The van der Waals surface area contributed by atoms with Crippen molar-refractivity contribution < 1.29 is 9.59 Å². The van der Waals surface area contributed by atoms with Gasteiger partial charge in [-0.25, -0.2) is 0 Å². The van der Waals surface area contributed by atoms with Crippen LogP contribution in [0.25, 0.3) is 0 Å². The minimum atomic E-state index is -0.282. The molecule has 0 aromatic carbocycles. The third kappa shape index (κ3) is 2.93. The summed E-state index contributed by atoms with van der Waals surface area (Å²) in [5, 5.41) is 0. The summed E-state index contributed by atoms with van der Waals surface area (Å²) in [7, 11) is 0. The molecule has 0 bridgehead atoms. The van der Waals surface area contributed by atoms with Crippen molar-refractivity contribution in [1.82, 2.24) is 14.7 Å². The topological polar surface area (TPSA) is 43.9 Å². The summed E-state index contributed by atoms with van der Waals surface area (Å²) in [4.78, 5) is 31.0. The van der Waals surface area contributed by atoms with E-state index in [4.69, 9.17) is 0 Å². The monoisotopic (exact) mass is 293 g/mol. The second-order valence-corrected chi connectivity index (χ2v) is 7.01. The van der Waals surface area contributed by atoms with Gasteiger partial charge in [-0.15, -0.1) is 0 Å². The van der Waals surface area contributed by atoms with Crippen LogP contribution in [0.4, 0.5) is 0 Å². The molecule has 5 heteroatoms. The normalized spacial score (nSPS) is 31.6. The summed E-state index contributed by atoms with van der Waals surface area (Å²) in [6, 6.07) is -0.0189. The number of nitrogens with zero attached hydrogens (tertiary/aromatic N) is 3. The summed E-state index contributed by atoms with van der Waals surface area (Å²) in [6.45, 7) is 8.27. The molecule has 0 N–H and O–H groups in total. The molecule has 5 nitrogen and oxygen atoms in total. The summed E-state index contributed by atoms with van der Waals surface area (Å²) in [5.74, 6) is 1.06. The predicted octanol–water partition coefficient (Wildman–Crippen LogP) is 0.940. The average Bonchev–Trinajstić information content (AvgIpc) is 2.94. The number of fused-ring (bicyclic) bond motifs is 1. The number of likely N-dealkylation sites (tertiary alicyclic amines) is 1. The molecule has 3 saturated heterocycles. The number of rotatable bonds is 2. The van der Waals surface area contributed by atoms with Gasteiger partial charge in [-0.1, -0.05) is 6.92 Å². The van der Waals surface area contributed by atoms with Crippen molar-refractivity contribution >= 4 is 11.8 Å². The number of piperidine rings is 1. The van der Waals surface area contributed by atoms with Crippen LogP contribution in [0.5, 0.6) is 0 Å². The van der Waals surface area contributed by atoms with E-state index in [2.05, 4.69) is 11.8 Å². The Bertz CT molecular complexity index is 418. The smallest absolute Gasteiger partial charge is 0.245 e. The number of carbonyl (C=O) groups is 2. The van der Waals surface area contributed by atoms with Gasteiger partial charge >= 0.3 is 0 Å². The molecule has 0 saturated carbocycles. The Morgan fingerprint density at radius 2 is 1.86 bits per heavy atom. The van der Waals surface area contributed by atoms with E-state index in [-0.39, 0.29) is 23.9 Å². The van der Waals surface area contributed by atoms with Crippen LogP contribution >= 0.6 is 0 Å². The van der Waals surface area contributed by atoms with E-state index in [0.29, 0.717) is 6.54 Å².